The third-order valence-electron chi connectivity index (χ3n) is 5.05. The Labute approximate surface area is 151 Å². The normalized spacial score (nSPS) is 16.8. The van der Waals surface area contributed by atoms with E-state index in [0.717, 1.165) is 61.0 Å². The number of hydrogen-bond donors (Lipinski definition) is 2. The van der Waals surface area contributed by atoms with Gasteiger partial charge in [0.1, 0.15) is 0 Å². The number of aryl methyl sites for hydroxylation is 3. The van der Waals surface area contributed by atoms with Crippen molar-refractivity contribution in [3.63, 3.8) is 0 Å². The van der Waals surface area contributed by atoms with Crippen molar-refractivity contribution in [3.8, 4) is 0 Å². The lowest BCUT2D eigenvalue weighted by atomic mass is 9.94. The lowest BCUT2D eigenvalue weighted by molar-refractivity contribution is 0.0998. The average molecular weight is 353 g/mol. The SMILES string of the molecule is Cc1cc(C)n2c(CNCC3CCn4ncc(C(N)=O)c4C3)cnc2n1. The summed E-state index contributed by atoms with van der Waals surface area (Å²) in [4.78, 5) is 20.4. The molecule has 0 saturated heterocycles. The fourth-order valence-electron chi connectivity index (χ4n) is 3.80. The molecule has 1 amide bonds. The zero-order valence-corrected chi connectivity index (χ0v) is 15.1. The fraction of sp³-hybridized carbons (Fsp3) is 0.444. The number of imidazole rings is 1. The van der Waals surface area contributed by atoms with E-state index in [-0.39, 0.29) is 0 Å². The highest BCUT2D eigenvalue weighted by Gasteiger charge is 2.24. The van der Waals surface area contributed by atoms with Gasteiger partial charge in [-0.3, -0.25) is 13.9 Å². The smallest absolute Gasteiger partial charge is 0.252 e. The Morgan fingerprint density at radius 1 is 1.38 bits per heavy atom. The molecule has 136 valence electrons. The van der Waals surface area contributed by atoms with Gasteiger partial charge in [-0.15, -0.1) is 0 Å². The van der Waals surface area contributed by atoms with Crippen LogP contribution in [0.3, 0.4) is 0 Å². The highest BCUT2D eigenvalue weighted by Crippen LogP contribution is 2.22. The fourth-order valence-corrected chi connectivity index (χ4v) is 3.80. The number of nitrogens with one attached hydrogen (secondary N) is 1. The molecular formula is C18H23N7O. The summed E-state index contributed by atoms with van der Waals surface area (Å²) in [5, 5.41) is 7.79. The average Bonchev–Trinajstić information content (AvgIpc) is 3.18. The molecule has 0 aliphatic carbocycles. The molecule has 4 heterocycles. The van der Waals surface area contributed by atoms with Gasteiger partial charge in [-0.1, -0.05) is 0 Å². The van der Waals surface area contributed by atoms with Gasteiger partial charge in [-0.2, -0.15) is 5.10 Å². The van der Waals surface area contributed by atoms with Gasteiger partial charge in [0, 0.05) is 24.5 Å². The molecule has 0 spiro atoms. The molecule has 26 heavy (non-hydrogen) atoms. The van der Waals surface area contributed by atoms with Gasteiger partial charge in [0.15, 0.2) is 0 Å². The number of nitrogens with two attached hydrogens (primary N) is 1. The van der Waals surface area contributed by atoms with Gasteiger partial charge in [0.25, 0.3) is 5.91 Å². The van der Waals surface area contributed by atoms with Crippen molar-refractivity contribution in [1.29, 1.82) is 0 Å². The molecule has 8 heteroatoms. The molecule has 0 fully saturated rings. The van der Waals surface area contributed by atoms with E-state index in [9.17, 15) is 4.79 Å². The van der Waals surface area contributed by atoms with Crippen molar-refractivity contribution in [2.24, 2.45) is 11.7 Å². The van der Waals surface area contributed by atoms with Gasteiger partial charge in [-0.25, -0.2) is 9.97 Å². The Bertz CT molecular complexity index is 971. The van der Waals surface area contributed by atoms with Crippen molar-refractivity contribution >= 4 is 11.7 Å². The molecule has 0 radical (unpaired) electrons. The third-order valence-corrected chi connectivity index (χ3v) is 5.05. The highest BCUT2D eigenvalue weighted by atomic mass is 16.1. The predicted molar refractivity (Wildman–Crippen MR) is 96.7 cm³/mol. The lowest BCUT2D eigenvalue weighted by Gasteiger charge is -2.24. The topological polar surface area (TPSA) is 103 Å². The first-order valence-corrected chi connectivity index (χ1v) is 8.88. The Morgan fingerprint density at radius 2 is 2.23 bits per heavy atom. The van der Waals surface area contributed by atoms with Crippen LogP contribution in [-0.2, 0) is 19.5 Å². The maximum absolute atomic E-state index is 11.5. The zero-order valence-electron chi connectivity index (χ0n) is 15.1. The molecule has 1 aliphatic rings. The molecule has 0 saturated carbocycles. The number of nitrogens with zero attached hydrogens (tertiary/aromatic N) is 5. The van der Waals surface area contributed by atoms with E-state index in [1.165, 1.54) is 0 Å². The molecule has 0 bridgehead atoms. The van der Waals surface area contributed by atoms with Gasteiger partial charge in [-0.05, 0) is 45.2 Å². The molecule has 8 nitrogen and oxygen atoms in total. The Kier molecular flexibility index (Phi) is 4.20. The number of carbonyl (C=O) groups is 1. The van der Waals surface area contributed by atoms with Crippen molar-refractivity contribution < 1.29 is 4.79 Å². The largest absolute Gasteiger partial charge is 0.365 e. The summed E-state index contributed by atoms with van der Waals surface area (Å²) in [6, 6.07) is 2.06. The van der Waals surface area contributed by atoms with Gasteiger partial charge >= 0.3 is 0 Å². The standard InChI is InChI=1S/C18H23N7O/c1-11-5-12(2)25-14(9-21-18(25)23-11)8-20-7-13-3-4-24-16(6-13)15(10-22-24)17(19)26/h5,9-10,13,20H,3-4,6-8H2,1-2H3,(H2,19,26). The minimum absolute atomic E-state index is 0.399. The van der Waals surface area contributed by atoms with Crippen molar-refractivity contribution in [2.75, 3.05) is 6.54 Å². The number of carbonyl (C=O) groups excluding carboxylic acids is 1. The monoisotopic (exact) mass is 353 g/mol. The number of amides is 1. The van der Waals surface area contributed by atoms with Crippen molar-refractivity contribution in [2.45, 2.75) is 39.8 Å². The Hall–Kier alpha value is -2.74. The number of primary amides is 1. The van der Waals surface area contributed by atoms with Gasteiger partial charge in [0.05, 0.1) is 29.3 Å². The summed E-state index contributed by atoms with van der Waals surface area (Å²) in [7, 11) is 0. The first-order chi connectivity index (χ1) is 12.5. The van der Waals surface area contributed by atoms with Crippen LogP contribution in [0.5, 0.6) is 0 Å². The first kappa shape index (κ1) is 16.7. The number of fused-ring (bicyclic) bond motifs is 2. The van der Waals surface area contributed by atoms with E-state index in [4.69, 9.17) is 5.73 Å². The minimum atomic E-state index is -0.399. The Morgan fingerprint density at radius 3 is 3.04 bits per heavy atom. The summed E-state index contributed by atoms with van der Waals surface area (Å²) in [5.74, 6) is 0.800. The summed E-state index contributed by atoms with van der Waals surface area (Å²) >= 11 is 0. The van der Waals surface area contributed by atoms with E-state index in [1.807, 2.05) is 17.8 Å². The lowest BCUT2D eigenvalue weighted by Crippen LogP contribution is -2.30. The van der Waals surface area contributed by atoms with E-state index in [0.29, 0.717) is 11.5 Å². The number of rotatable bonds is 5. The minimum Gasteiger partial charge on any atom is -0.365 e. The van der Waals surface area contributed by atoms with Crippen LogP contribution in [0.1, 0.15) is 39.6 Å². The van der Waals surface area contributed by atoms with Crippen LogP contribution in [-0.4, -0.2) is 36.6 Å². The van der Waals surface area contributed by atoms with Gasteiger partial charge < -0.3 is 11.1 Å². The van der Waals surface area contributed by atoms with Crippen molar-refractivity contribution in [1.82, 2.24) is 29.5 Å². The maximum Gasteiger partial charge on any atom is 0.252 e. The molecule has 0 aromatic carbocycles. The third kappa shape index (κ3) is 2.96. The quantitative estimate of drug-likeness (QED) is 0.712. The molecule has 1 unspecified atom stereocenters. The van der Waals surface area contributed by atoms with Crippen molar-refractivity contribution in [3.05, 3.63) is 46.8 Å². The maximum atomic E-state index is 11.5. The van der Waals surface area contributed by atoms with Crippen LogP contribution < -0.4 is 11.1 Å². The van der Waals surface area contributed by atoms with Crippen LogP contribution in [0.2, 0.25) is 0 Å². The van der Waals surface area contributed by atoms with Crippen LogP contribution >= 0.6 is 0 Å². The van der Waals surface area contributed by atoms with Crippen LogP contribution in [0, 0.1) is 19.8 Å². The summed E-state index contributed by atoms with van der Waals surface area (Å²) in [5.41, 5.74) is 10.2. The van der Waals surface area contributed by atoms with E-state index < -0.39 is 5.91 Å². The predicted octanol–water partition coefficient (Wildman–Crippen LogP) is 0.994. The number of aromatic nitrogens is 5. The second-order valence-electron chi connectivity index (χ2n) is 7.01. The molecule has 4 rings (SSSR count). The van der Waals surface area contributed by atoms with E-state index in [2.05, 4.69) is 37.8 Å². The van der Waals surface area contributed by atoms with Crippen LogP contribution in [0.15, 0.2) is 18.5 Å². The molecule has 1 aliphatic heterocycles. The van der Waals surface area contributed by atoms with E-state index in [1.54, 1.807) is 6.20 Å². The summed E-state index contributed by atoms with van der Waals surface area (Å²) in [6.45, 7) is 6.47. The first-order valence-electron chi connectivity index (χ1n) is 8.88. The molecule has 1 atom stereocenters. The summed E-state index contributed by atoms with van der Waals surface area (Å²) in [6.07, 6.45) is 5.32. The van der Waals surface area contributed by atoms with E-state index >= 15 is 0 Å². The van der Waals surface area contributed by atoms with Gasteiger partial charge in [0.2, 0.25) is 5.78 Å². The molecule has 3 N–H and O–H groups in total. The van der Waals surface area contributed by atoms with Crippen LogP contribution in [0.4, 0.5) is 0 Å². The Balaban J connectivity index is 1.41. The molecular weight excluding hydrogens is 330 g/mol. The zero-order chi connectivity index (χ0) is 18.3. The summed E-state index contributed by atoms with van der Waals surface area (Å²) < 4.78 is 3.99. The second kappa shape index (κ2) is 6.53. The van der Waals surface area contributed by atoms with Crippen LogP contribution in [0.25, 0.3) is 5.78 Å². The number of hydrogen-bond acceptors (Lipinski definition) is 5. The molecule has 3 aromatic rings. The second-order valence-corrected chi connectivity index (χ2v) is 7.01. The highest BCUT2D eigenvalue weighted by molar-refractivity contribution is 5.93. The molecule has 3 aromatic heterocycles.